The lowest BCUT2D eigenvalue weighted by atomic mass is 10.0. The minimum atomic E-state index is -0.181. The van der Waals surface area contributed by atoms with Gasteiger partial charge in [0, 0.05) is 44.0 Å². The zero-order valence-electron chi connectivity index (χ0n) is 14.0. The highest BCUT2D eigenvalue weighted by atomic mass is 19.1. The van der Waals surface area contributed by atoms with Crippen LogP contribution in [-0.4, -0.2) is 34.3 Å². The number of piperazine rings is 1. The molecule has 1 aromatic heterocycles. The van der Waals surface area contributed by atoms with E-state index in [1.54, 1.807) is 12.1 Å². The van der Waals surface area contributed by atoms with Gasteiger partial charge in [0.1, 0.15) is 5.82 Å². The largest absolute Gasteiger partial charge is 0.314 e. The average Bonchev–Trinajstić information content (AvgIpc) is 3.11. The van der Waals surface area contributed by atoms with Gasteiger partial charge in [-0.15, -0.1) is 0 Å². The van der Waals surface area contributed by atoms with Gasteiger partial charge in [-0.25, -0.2) is 9.07 Å². The van der Waals surface area contributed by atoms with Gasteiger partial charge in [-0.2, -0.15) is 5.10 Å². The number of para-hydroxylation sites is 1. The quantitative estimate of drug-likeness (QED) is 0.794. The Balaban J connectivity index is 1.53. The molecule has 0 radical (unpaired) electrons. The normalized spacial score (nSPS) is 18.4. The van der Waals surface area contributed by atoms with Crippen molar-refractivity contribution in [3.63, 3.8) is 0 Å². The number of hydrogen-bond donors (Lipinski definition) is 1. The SMILES string of the molecule is Fc1cccc(C2CNCCN2Cc2cnn(-c3ccccc3)c2)c1. The van der Waals surface area contributed by atoms with Gasteiger partial charge in [0.2, 0.25) is 0 Å². The molecule has 5 heteroatoms. The highest BCUT2D eigenvalue weighted by molar-refractivity contribution is 5.31. The number of nitrogens with zero attached hydrogens (tertiary/aromatic N) is 3. The predicted molar refractivity (Wildman–Crippen MR) is 96.0 cm³/mol. The molecule has 2 aromatic carbocycles. The molecule has 0 bridgehead atoms. The molecule has 1 saturated heterocycles. The van der Waals surface area contributed by atoms with Crippen LogP contribution in [0.5, 0.6) is 0 Å². The molecule has 1 fully saturated rings. The molecule has 0 aliphatic carbocycles. The van der Waals surface area contributed by atoms with E-state index in [1.807, 2.05) is 47.3 Å². The van der Waals surface area contributed by atoms with Crippen LogP contribution in [0.25, 0.3) is 5.69 Å². The van der Waals surface area contributed by atoms with Crippen LogP contribution in [0.3, 0.4) is 0 Å². The lowest BCUT2D eigenvalue weighted by molar-refractivity contribution is 0.153. The first-order valence-electron chi connectivity index (χ1n) is 8.59. The van der Waals surface area contributed by atoms with E-state index >= 15 is 0 Å². The summed E-state index contributed by atoms with van der Waals surface area (Å²) in [7, 11) is 0. The zero-order valence-corrected chi connectivity index (χ0v) is 14.0. The maximum absolute atomic E-state index is 13.6. The summed E-state index contributed by atoms with van der Waals surface area (Å²) in [6.07, 6.45) is 3.98. The molecule has 1 aliphatic rings. The summed E-state index contributed by atoms with van der Waals surface area (Å²) >= 11 is 0. The van der Waals surface area contributed by atoms with Crippen molar-refractivity contribution in [1.29, 1.82) is 0 Å². The Morgan fingerprint density at radius 1 is 1.12 bits per heavy atom. The van der Waals surface area contributed by atoms with Gasteiger partial charge in [0.25, 0.3) is 0 Å². The molecule has 0 saturated carbocycles. The Morgan fingerprint density at radius 3 is 2.84 bits per heavy atom. The van der Waals surface area contributed by atoms with E-state index < -0.39 is 0 Å². The van der Waals surface area contributed by atoms with Crippen molar-refractivity contribution in [1.82, 2.24) is 20.0 Å². The second-order valence-corrected chi connectivity index (χ2v) is 6.37. The summed E-state index contributed by atoms with van der Waals surface area (Å²) in [6, 6.07) is 17.2. The van der Waals surface area contributed by atoms with E-state index in [0.29, 0.717) is 0 Å². The molecule has 1 atom stereocenters. The van der Waals surface area contributed by atoms with Crippen molar-refractivity contribution in [3.8, 4) is 5.69 Å². The van der Waals surface area contributed by atoms with Crippen molar-refractivity contribution in [2.24, 2.45) is 0 Å². The standard InChI is InChI=1S/C20H21FN4/c21-18-6-4-5-17(11-18)20-13-22-9-10-24(20)14-16-12-23-25(15-16)19-7-2-1-3-8-19/h1-8,11-12,15,20,22H,9-10,13-14H2. The highest BCUT2D eigenvalue weighted by Gasteiger charge is 2.24. The van der Waals surface area contributed by atoms with E-state index in [-0.39, 0.29) is 11.9 Å². The first-order chi connectivity index (χ1) is 12.3. The van der Waals surface area contributed by atoms with Crippen LogP contribution in [-0.2, 0) is 6.54 Å². The number of hydrogen-bond acceptors (Lipinski definition) is 3. The van der Waals surface area contributed by atoms with E-state index in [1.165, 1.54) is 6.07 Å². The van der Waals surface area contributed by atoms with Gasteiger partial charge >= 0.3 is 0 Å². The second-order valence-electron chi connectivity index (χ2n) is 6.37. The second kappa shape index (κ2) is 7.17. The zero-order chi connectivity index (χ0) is 17.1. The number of aromatic nitrogens is 2. The van der Waals surface area contributed by atoms with Crippen molar-refractivity contribution in [2.75, 3.05) is 19.6 Å². The van der Waals surface area contributed by atoms with Crippen LogP contribution in [0.4, 0.5) is 4.39 Å². The summed E-state index contributed by atoms with van der Waals surface area (Å²) in [5.74, 6) is -0.181. The third-order valence-corrected chi connectivity index (χ3v) is 4.63. The van der Waals surface area contributed by atoms with Gasteiger partial charge in [-0.3, -0.25) is 4.90 Å². The van der Waals surface area contributed by atoms with Crippen LogP contribution in [0.15, 0.2) is 67.0 Å². The van der Waals surface area contributed by atoms with E-state index in [4.69, 9.17) is 0 Å². The molecule has 0 spiro atoms. The van der Waals surface area contributed by atoms with Crippen LogP contribution < -0.4 is 5.32 Å². The number of halogens is 1. The third kappa shape index (κ3) is 3.62. The van der Waals surface area contributed by atoms with E-state index in [2.05, 4.69) is 21.5 Å². The monoisotopic (exact) mass is 336 g/mol. The van der Waals surface area contributed by atoms with E-state index in [9.17, 15) is 4.39 Å². The van der Waals surface area contributed by atoms with Crippen molar-refractivity contribution in [3.05, 3.63) is 83.9 Å². The fourth-order valence-corrected chi connectivity index (χ4v) is 3.38. The van der Waals surface area contributed by atoms with Crippen molar-refractivity contribution in [2.45, 2.75) is 12.6 Å². The lowest BCUT2D eigenvalue weighted by Gasteiger charge is -2.36. The van der Waals surface area contributed by atoms with Gasteiger partial charge in [0.15, 0.2) is 0 Å². The topological polar surface area (TPSA) is 33.1 Å². The Kier molecular flexibility index (Phi) is 4.59. The Labute approximate surface area is 146 Å². The summed E-state index contributed by atoms with van der Waals surface area (Å²) in [5.41, 5.74) is 3.23. The molecule has 3 aromatic rings. The summed E-state index contributed by atoms with van der Waals surface area (Å²) in [5, 5.41) is 7.89. The van der Waals surface area contributed by atoms with Gasteiger partial charge in [0.05, 0.1) is 11.9 Å². The average molecular weight is 336 g/mol. The summed E-state index contributed by atoms with van der Waals surface area (Å²) in [6.45, 7) is 3.50. The predicted octanol–water partition coefficient (Wildman–Crippen LogP) is 3.16. The molecular weight excluding hydrogens is 315 g/mol. The van der Waals surface area contributed by atoms with Crippen LogP contribution in [0.1, 0.15) is 17.2 Å². The van der Waals surface area contributed by atoms with Gasteiger partial charge in [-0.05, 0) is 29.8 Å². The molecule has 128 valence electrons. The van der Waals surface area contributed by atoms with Crippen LogP contribution in [0.2, 0.25) is 0 Å². The molecule has 1 aliphatic heterocycles. The smallest absolute Gasteiger partial charge is 0.123 e. The molecule has 4 nitrogen and oxygen atoms in total. The van der Waals surface area contributed by atoms with Crippen molar-refractivity contribution < 1.29 is 4.39 Å². The molecule has 25 heavy (non-hydrogen) atoms. The maximum Gasteiger partial charge on any atom is 0.123 e. The summed E-state index contributed by atoms with van der Waals surface area (Å²) < 4.78 is 15.5. The molecular formula is C20H21FN4. The molecule has 1 N–H and O–H groups in total. The highest BCUT2D eigenvalue weighted by Crippen LogP contribution is 2.24. The molecule has 0 amide bonds. The summed E-state index contributed by atoms with van der Waals surface area (Å²) in [4.78, 5) is 2.39. The van der Waals surface area contributed by atoms with Crippen molar-refractivity contribution >= 4 is 0 Å². The number of benzene rings is 2. The fourth-order valence-electron chi connectivity index (χ4n) is 3.38. The number of rotatable bonds is 4. The fraction of sp³-hybridized carbons (Fsp3) is 0.250. The Morgan fingerprint density at radius 2 is 2.00 bits per heavy atom. The Hall–Kier alpha value is -2.50. The van der Waals surface area contributed by atoms with Crippen LogP contribution in [0, 0.1) is 5.82 Å². The minimum absolute atomic E-state index is 0.171. The number of nitrogens with one attached hydrogen (secondary N) is 1. The molecule has 1 unspecified atom stereocenters. The van der Waals surface area contributed by atoms with Gasteiger partial charge < -0.3 is 5.32 Å². The minimum Gasteiger partial charge on any atom is -0.314 e. The Bertz CT molecular complexity index is 830. The molecule has 4 rings (SSSR count). The maximum atomic E-state index is 13.6. The molecule has 2 heterocycles. The van der Waals surface area contributed by atoms with Gasteiger partial charge in [-0.1, -0.05) is 30.3 Å². The van der Waals surface area contributed by atoms with Crippen LogP contribution >= 0.6 is 0 Å². The lowest BCUT2D eigenvalue weighted by Crippen LogP contribution is -2.45. The van der Waals surface area contributed by atoms with E-state index in [0.717, 1.165) is 43.0 Å². The first-order valence-corrected chi connectivity index (χ1v) is 8.59. The first kappa shape index (κ1) is 16.0. The third-order valence-electron chi connectivity index (χ3n) is 4.63.